The molecule has 0 spiro atoms. The van der Waals surface area contributed by atoms with E-state index in [0.717, 1.165) is 30.8 Å². The van der Waals surface area contributed by atoms with Gasteiger partial charge in [-0.2, -0.15) is 0 Å². The number of nitrogens with zero attached hydrogens (tertiary/aromatic N) is 1. The molecule has 1 heterocycles. The van der Waals surface area contributed by atoms with Gasteiger partial charge >= 0.3 is 0 Å². The van der Waals surface area contributed by atoms with Gasteiger partial charge in [0.05, 0.1) is 7.11 Å². The molecule has 3 rings (SSSR count). The van der Waals surface area contributed by atoms with Crippen molar-refractivity contribution >= 4 is 0 Å². The van der Waals surface area contributed by atoms with Crippen molar-refractivity contribution in [2.75, 3.05) is 20.2 Å². The van der Waals surface area contributed by atoms with E-state index in [9.17, 15) is 0 Å². The minimum absolute atomic E-state index is 0.673. The number of piperazine rings is 1. The zero-order valence-corrected chi connectivity index (χ0v) is 12.6. The van der Waals surface area contributed by atoms with Gasteiger partial charge in [-0.3, -0.25) is 4.90 Å². The summed E-state index contributed by atoms with van der Waals surface area (Å²) in [6.07, 6.45) is 4.07. The summed E-state index contributed by atoms with van der Waals surface area (Å²) < 4.78 is 5.23. The summed E-state index contributed by atoms with van der Waals surface area (Å²) in [6, 6.07) is 9.91. The van der Waals surface area contributed by atoms with Crippen molar-refractivity contribution in [1.82, 2.24) is 10.2 Å². The Morgan fingerprint density at radius 3 is 2.60 bits per heavy atom. The highest BCUT2D eigenvalue weighted by Crippen LogP contribution is 2.34. The molecule has 0 amide bonds. The van der Waals surface area contributed by atoms with E-state index in [1.807, 2.05) is 0 Å². The number of methoxy groups -OCH3 is 1. The number of nitrogens with one attached hydrogen (secondary N) is 1. The van der Waals surface area contributed by atoms with Gasteiger partial charge in [0.25, 0.3) is 0 Å². The summed E-state index contributed by atoms with van der Waals surface area (Å²) in [5.74, 6) is 1.88. The Bertz CT molecular complexity index is 427. The molecule has 110 valence electrons. The quantitative estimate of drug-likeness (QED) is 0.893. The topological polar surface area (TPSA) is 24.5 Å². The maximum Gasteiger partial charge on any atom is 0.118 e. The van der Waals surface area contributed by atoms with Gasteiger partial charge in [0.1, 0.15) is 5.75 Å². The smallest absolute Gasteiger partial charge is 0.118 e. The highest BCUT2D eigenvalue weighted by molar-refractivity contribution is 5.27. The Kier molecular flexibility index (Phi) is 4.27. The summed E-state index contributed by atoms with van der Waals surface area (Å²) >= 11 is 0. The fourth-order valence-electron chi connectivity index (χ4n) is 3.26. The Hall–Kier alpha value is -1.06. The van der Waals surface area contributed by atoms with Crippen LogP contribution in [0.1, 0.15) is 31.7 Å². The molecular weight excluding hydrogens is 248 g/mol. The predicted octanol–water partition coefficient (Wildman–Crippen LogP) is 2.66. The summed E-state index contributed by atoms with van der Waals surface area (Å²) in [7, 11) is 1.72. The van der Waals surface area contributed by atoms with Crippen LogP contribution in [0.25, 0.3) is 0 Å². The molecule has 0 aromatic heterocycles. The van der Waals surface area contributed by atoms with Gasteiger partial charge in [-0.05, 0) is 42.9 Å². The third-order valence-electron chi connectivity index (χ3n) is 4.77. The summed E-state index contributed by atoms with van der Waals surface area (Å²) in [5.41, 5.74) is 1.39. The normalized spacial score (nSPS) is 27.5. The lowest BCUT2D eigenvalue weighted by Crippen LogP contribution is -2.56. The largest absolute Gasteiger partial charge is 0.497 e. The molecule has 1 aromatic carbocycles. The van der Waals surface area contributed by atoms with Crippen LogP contribution < -0.4 is 10.1 Å². The fourth-order valence-corrected chi connectivity index (χ4v) is 3.26. The van der Waals surface area contributed by atoms with Crippen molar-refractivity contribution in [3.63, 3.8) is 0 Å². The van der Waals surface area contributed by atoms with Crippen LogP contribution in [0.5, 0.6) is 5.75 Å². The zero-order valence-electron chi connectivity index (χ0n) is 12.6. The van der Waals surface area contributed by atoms with E-state index < -0.39 is 0 Å². The van der Waals surface area contributed by atoms with Gasteiger partial charge in [0.15, 0.2) is 0 Å². The molecule has 0 bridgehead atoms. The van der Waals surface area contributed by atoms with Crippen molar-refractivity contribution in [3.8, 4) is 5.75 Å². The standard InChI is InChI=1S/C17H26N2O/c1-3-15-10-18-17(14-6-7-14)12-19(15)11-13-4-8-16(20-2)9-5-13/h4-5,8-9,14-15,17-18H,3,6-7,10-12H2,1-2H3. The van der Waals surface area contributed by atoms with Crippen LogP contribution in [0.2, 0.25) is 0 Å². The van der Waals surface area contributed by atoms with E-state index in [1.165, 1.54) is 31.4 Å². The first-order valence-corrected chi connectivity index (χ1v) is 7.90. The third-order valence-corrected chi connectivity index (χ3v) is 4.77. The molecule has 2 fully saturated rings. The number of hydrogen-bond acceptors (Lipinski definition) is 3. The number of ether oxygens (including phenoxy) is 1. The number of rotatable bonds is 5. The van der Waals surface area contributed by atoms with E-state index in [2.05, 4.69) is 41.4 Å². The molecule has 1 aromatic rings. The van der Waals surface area contributed by atoms with E-state index in [-0.39, 0.29) is 0 Å². The van der Waals surface area contributed by atoms with Crippen LogP contribution in [-0.2, 0) is 6.54 Å². The number of benzene rings is 1. The molecule has 1 saturated heterocycles. The van der Waals surface area contributed by atoms with E-state index >= 15 is 0 Å². The van der Waals surface area contributed by atoms with Gasteiger partial charge in [0.2, 0.25) is 0 Å². The minimum atomic E-state index is 0.673. The third kappa shape index (κ3) is 3.15. The lowest BCUT2D eigenvalue weighted by atomic mass is 10.0. The van der Waals surface area contributed by atoms with E-state index in [0.29, 0.717) is 6.04 Å². The van der Waals surface area contributed by atoms with Gasteiger partial charge < -0.3 is 10.1 Å². The van der Waals surface area contributed by atoms with Crippen molar-refractivity contribution in [1.29, 1.82) is 0 Å². The van der Waals surface area contributed by atoms with Gasteiger partial charge in [0, 0.05) is 31.7 Å². The van der Waals surface area contributed by atoms with Crippen molar-refractivity contribution < 1.29 is 4.74 Å². The molecule has 0 radical (unpaired) electrons. The molecule has 20 heavy (non-hydrogen) atoms. The Balaban J connectivity index is 1.65. The van der Waals surface area contributed by atoms with Crippen LogP contribution in [0.4, 0.5) is 0 Å². The molecular formula is C17H26N2O. The Morgan fingerprint density at radius 1 is 1.25 bits per heavy atom. The highest BCUT2D eigenvalue weighted by Gasteiger charge is 2.36. The average Bonchev–Trinajstić information content (AvgIpc) is 3.33. The maximum atomic E-state index is 5.23. The second kappa shape index (κ2) is 6.15. The molecule has 2 aliphatic rings. The van der Waals surface area contributed by atoms with Crippen LogP contribution >= 0.6 is 0 Å². The van der Waals surface area contributed by atoms with E-state index in [1.54, 1.807) is 7.11 Å². The molecule has 1 aliphatic carbocycles. The second-order valence-corrected chi connectivity index (χ2v) is 6.19. The summed E-state index contributed by atoms with van der Waals surface area (Å²) in [4.78, 5) is 2.67. The second-order valence-electron chi connectivity index (χ2n) is 6.19. The van der Waals surface area contributed by atoms with Crippen molar-refractivity contribution in [2.24, 2.45) is 5.92 Å². The minimum Gasteiger partial charge on any atom is -0.497 e. The fraction of sp³-hybridized carbons (Fsp3) is 0.647. The molecule has 3 heteroatoms. The lowest BCUT2D eigenvalue weighted by Gasteiger charge is -2.40. The first-order chi connectivity index (χ1) is 9.80. The lowest BCUT2D eigenvalue weighted by molar-refractivity contribution is 0.112. The van der Waals surface area contributed by atoms with E-state index in [4.69, 9.17) is 4.74 Å². The van der Waals surface area contributed by atoms with Crippen molar-refractivity contribution in [3.05, 3.63) is 29.8 Å². The van der Waals surface area contributed by atoms with Gasteiger partial charge in [-0.1, -0.05) is 19.1 Å². The predicted molar refractivity (Wildman–Crippen MR) is 82.0 cm³/mol. The average molecular weight is 274 g/mol. The first-order valence-electron chi connectivity index (χ1n) is 7.90. The summed E-state index contributed by atoms with van der Waals surface area (Å²) in [5, 5.41) is 3.75. The SMILES string of the molecule is CCC1CNC(C2CC2)CN1Cc1ccc(OC)cc1. The molecule has 1 N–H and O–H groups in total. The zero-order chi connectivity index (χ0) is 13.9. The number of hydrogen-bond donors (Lipinski definition) is 1. The highest BCUT2D eigenvalue weighted by atomic mass is 16.5. The molecule has 3 nitrogen and oxygen atoms in total. The Morgan fingerprint density at radius 2 is 2.00 bits per heavy atom. The monoisotopic (exact) mass is 274 g/mol. The first kappa shape index (κ1) is 13.9. The summed E-state index contributed by atoms with van der Waals surface area (Å²) in [6.45, 7) is 5.71. The van der Waals surface area contributed by atoms with Crippen molar-refractivity contribution in [2.45, 2.75) is 44.8 Å². The van der Waals surface area contributed by atoms with Crippen LogP contribution in [-0.4, -0.2) is 37.2 Å². The molecule has 2 atom stereocenters. The van der Waals surface area contributed by atoms with Crippen LogP contribution in [0.3, 0.4) is 0 Å². The van der Waals surface area contributed by atoms with Gasteiger partial charge in [-0.25, -0.2) is 0 Å². The molecule has 2 unspecified atom stereocenters. The maximum absolute atomic E-state index is 5.23. The molecule has 1 aliphatic heterocycles. The van der Waals surface area contributed by atoms with Crippen LogP contribution in [0.15, 0.2) is 24.3 Å². The van der Waals surface area contributed by atoms with Gasteiger partial charge in [-0.15, -0.1) is 0 Å². The van der Waals surface area contributed by atoms with Crippen LogP contribution in [0, 0.1) is 5.92 Å². The Labute approximate surface area is 122 Å². The molecule has 1 saturated carbocycles.